The molecule has 4 heterocycles. The topological polar surface area (TPSA) is 72.8 Å². The third kappa shape index (κ3) is 4.00. The van der Waals surface area contributed by atoms with Gasteiger partial charge in [-0.05, 0) is 47.5 Å². The molecule has 0 spiro atoms. The number of carbonyl (C=O) groups excluding carboxylic acids is 2. The quantitative estimate of drug-likeness (QED) is 0.311. The van der Waals surface area contributed by atoms with E-state index < -0.39 is 0 Å². The second-order valence-corrected chi connectivity index (χ2v) is 8.26. The van der Waals surface area contributed by atoms with Crippen LogP contribution in [0.4, 0.5) is 0 Å². The lowest BCUT2D eigenvalue weighted by Gasteiger charge is -2.10. The molecule has 6 heteroatoms. The predicted octanol–water partition coefficient (Wildman–Crippen LogP) is 5.73. The summed E-state index contributed by atoms with van der Waals surface area (Å²) in [5, 5.41) is 0. The van der Waals surface area contributed by atoms with Crippen LogP contribution in [0.2, 0.25) is 0 Å². The van der Waals surface area contributed by atoms with Crippen LogP contribution in [0.25, 0.3) is 22.3 Å². The molecule has 33 heavy (non-hydrogen) atoms. The van der Waals surface area contributed by atoms with Gasteiger partial charge in [0.1, 0.15) is 0 Å². The Kier molecular flexibility index (Phi) is 5.66. The lowest BCUT2D eigenvalue weighted by Crippen LogP contribution is -2.01. The lowest BCUT2D eigenvalue weighted by atomic mass is 9.92. The van der Waals surface area contributed by atoms with Crippen molar-refractivity contribution in [2.24, 2.45) is 0 Å². The lowest BCUT2D eigenvalue weighted by molar-refractivity contribution is 0.103. The number of nitrogens with zero attached hydrogens (tertiary/aromatic N) is 3. The van der Waals surface area contributed by atoms with Gasteiger partial charge in [-0.1, -0.05) is 30.3 Å². The van der Waals surface area contributed by atoms with Gasteiger partial charge in [0.2, 0.25) is 11.6 Å². The molecule has 0 fully saturated rings. The summed E-state index contributed by atoms with van der Waals surface area (Å²) in [6, 6.07) is 20.2. The van der Waals surface area contributed by atoms with Gasteiger partial charge in [-0.25, -0.2) is 0 Å². The highest BCUT2D eigenvalue weighted by molar-refractivity contribution is 7.17. The van der Waals surface area contributed by atoms with Crippen LogP contribution in [0.3, 0.4) is 0 Å². The summed E-state index contributed by atoms with van der Waals surface area (Å²) in [5.74, 6) is -0.300. The number of ketones is 2. The van der Waals surface area contributed by atoms with Crippen LogP contribution in [0, 0.1) is 0 Å². The minimum Gasteiger partial charge on any atom is -0.288 e. The second-order valence-electron chi connectivity index (χ2n) is 7.24. The number of aromatic nitrogens is 3. The van der Waals surface area contributed by atoms with Gasteiger partial charge < -0.3 is 0 Å². The maximum atomic E-state index is 13.6. The van der Waals surface area contributed by atoms with Gasteiger partial charge in [0.15, 0.2) is 0 Å². The van der Waals surface area contributed by atoms with E-state index in [0.717, 1.165) is 22.3 Å². The molecule has 0 bridgehead atoms. The standard InChI is InChI=1S/C27H17N3O2S/c31-24(20-8-14-29-15-9-20)26-22(18-4-2-1-3-5-18)23(19-6-12-28-13-7-19)27(33-26)25(32)21-10-16-30-17-11-21/h1-17H. The Bertz CT molecular complexity index is 1310. The highest BCUT2D eigenvalue weighted by Gasteiger charge is 2.29. The zero-order valence-corrected chi connectivity index (χ0v) is 18.2. The summed E-state index contributed by atoms with van der Waals surface area (Å²) >= 11 is 1.22. The van der Waals surface area contributed by atoms with Crippen LogP contribution in [0.1, 0.15) is 30.5 Å². The van der Waals surface area contributed by atoms with E-state index in [0.29, 0.717) is 20.9 Å². The van der Waals surface area contributed by atoms with Crippen molar-refractivity contribution in [3.8, 4) is 22.3 Å². The van der Waals surface area contributed by atoms with Crippen molar-refractivity contribution in [2.45, 2.75) is 0 Å². The molecule has 4 aromatic heterocycles. The number of rotatable bonds is 6. The molecule has 0 unspecified atom stereocenters. The summed E-state index contributed by atoms with van der Waals surface area (Å²) in [6.07, 6.45) is 9.74. The molecule has 0 radical (unpaired) electrons. The number of thiophene rings is 1. The molecule has 1 aromatic carbocycles. The molecule has 158 valence electrons. The molecule has 0 saturated carbocycles. The fourth-order valence-electron chi connectivity index (χ4n) is 3.69. The first-order chi connectivity index (χ1) is 16.2. The van der Waals surface area contributed by atoms with Gasteiger partial charge in [0, 0.05) is 59.4 Å². The Hall–Kier alpha value is -4.29. The number of hydrogen-bond acceptors (Lipinski definition) is 6. The van der Waals surface area contributed by atoms with Crippen LogP contribution in [0.15, 0.2) is 104 Å². The molecule has 0 N–H and O–H groups in total. The van der Waals surface area contributed by atoms with E-state index in [1.54, 1.807) is 61.4 Å². The molecule has 5 nitrogen and oxygen atoms in total. The second kappa shape index (κ2) is 9.06. The van der Waals surface area contributed by atoms with Crippen molar-refractivity contribution in [3.63, 3.8) is 0 Å². The number of pyridine rings is 3. The highest BCUT2D eigenvalue weighted by atomic mass is 32.1. The van der Waals surface area contributed by atoms with Crippen LogP contribution < -0.4 is 0 Å². The molecule has 0 amide bonds. The summed E-state index contributed by atoms with van der Waals surface area (Å²) in [5.41, 5.74) is 4.20. The van der Waals surface area contributed by atoms with E-state index in [4.69, 9.17) is 0 Å². The fourth-order valence-corrected chi connectivity index (χ4v) is 4.96. The molecular formula is C27H17N3O2S. The molecule has 0 aliphatic carbocycles. The maximum absolute atomic E-state index is 13.6. The number of carbonyl (C=O) groups is 2. The first-order valence-electron chi connectivity index (χ1n) is 10.3. The zero-order chi connectivity index (χ0) is 22.6. The van der Waals surface area contributed by atoms with Crippen molar-refractivity contribution >= 4 is 22.9 Å². The Morgan fingerprint density at radius 1 is 0.515 bits per heavy atom. The van der Waals surface area contributed by atoms with Gasteiger partial charge in [-0.15, -0.1) is 11.3 Å². The van der Waals surface area contributed by atoms with Crippen LogP contribution in [0.5, 0.6) is 0 Å². The number of hydrogen-bond donors (Lipinski definition) is 0. The molecule has 0 saturated heterocycles. The minimum absolute atomic E-state index is 0.148. The van der Waals surface area contributed by atoms with E-state index in [-0.39, 0.29) is 11.6 Å². The third-order valence-electron chi connectivity index (χ3n) is 5.24. The monoisotopic (exact) mass is 447 g/mol. The van der Waals surface area contributed by atoms with Crippen LogP contribution in [-0.2, 0) is 0 Å². The summed E-state index contributed by atoms with van der Waals surface area (Å²) < 4.78 is 0. The summed E-state index contributed by atoms with van der Waals surface area (Å²) in [7, 11) is 0. The van der Waals surface area contributed by atoms with E-state index in [2.05, 4.69) is 15.0 Å². The Balaban J connectivity index is 1.82. The summed E-state index contributed by atoms with van der Waals surface area (Å²) in [4.78, 5) is 40.5. The maximum Gasteiger partial charge on any atom is 0.203 e. The largest absolute Gasteiger partial charge is 0.288 e. The Labute approximate surface area is 194 Å². The van der Waals surface area contributed by atoms with E-state index in [9.17, 15) is 9.59 Å². The van der Waals surface area contributed by atoms with Crippen molar-refractivity contribution in [1.82, 2.24) is 15.0 Å². The van der Waals surface area contributed by atoms with E-state index >= 15 is 0 Å². The van der Waals surface area contributed by atoms with Crippen molar-refractivity contribution in [3.05, 3.63) is 125 Å². The highest BCUT2D eigenvalue weighted by Crippen LogP contribution is 2.44. The SMILES string of the molecule is O=C(c1ccncc1)c1sc(C(=O)c2ccncc2)c(-c2ccncc2)c1-c1ccccc1. The van der Waals surface area contributed by atoms with Crippen LogP contribution >= 0.6 is 11.3 Å². The smallest absolute Gasteiger partial charge is 0.203 e. The van der Waals surface area contributed by atoms with E-state index in [1.807, 2.05) is 42.5 Å². The third-order valence-corrected chi connectivity index (χ3v) is 6.42. The van der Waals surface area contributed by atoms with Gasteiger partial charge in [-0.2, -0.15) is 0 Å². The normalized spacial score (nSPS) is 10.7. The van der Waals surface area contributed by atoms with E-state index in [1.165, 1.54) is 11.3 Å². The Morgan fingerprint density at radius 2 is 0.909 bits per heavy atom. The molecule has 0 atom stereocenters. The van der Waals surface area contributed by atoms with Gasteiger partial charge in [0.05, 0.1) is 9.75 Å². The molecular weight excluding hydrogens is 430 g/mol. The summed E-state index contributed by atoms with van der Waals surface area (Å²) in [6.45, 7) is 0. The van der Waals surface area contributed by atoms with Crippen molar-refractivity contribution < 1.29 is 9.59 Å². The van der Waals surface area contributed by atoms with Gasteiger partial charge in [0.25, 0.3) is 0 Å². The van der Waals surface area contributed by atoms with Gasteiger partial charge >= 0.3 is 0 Å². The zero-order valence-electron chi connectivity index (χ0n) is 17.4. The van der Waals surface area contributed by atoms with Gasteiger partial charge in [-0.3, -0.25) is 24.5 Å². The van der Waals surface area contributed by atoms with Crippen molar-refractivity contribution in [2.75, 3.05) is 0 Å². The average molecular weight is 448 g/mol. The first kappa shape index (κ1) is 20.6. The Morgan fingerprint density at radius 3 is 1.36 bits per heavy atom. The van der Waals surface area contributed by atoms with Crippen LogP contribution in [-0.4, -0.2) is 26.5 Å². The average Bonchev–Trinajstić information content (AvgIpc) is 3.30. The molecule has 0 aliphatic rings. The molecule has 0 aliphatic heterocycles. The molecule has 5 aromatic rings. The fraction of sp³-hybridized carbons (Fsp3) is 0. The minimum atomic E-state index is -0.153. The first-order valence-corrected chi connectivity index (χ1v) is 11.1. The molecule has 5 rings (SSSR count). The predicted molar refractivity (Wildman–Crippen MR) is 128 cm³/mol. The number of benzene rings is 1. The van der Waals surface area contributed by atoms with Crippen molar-refractivity contribution in [1.29, 1.82) is 0 Å².